The van der Waals surface area contributed by atoms with Gasteiger partial charge in [-0.1, -0.05) is 49.7 Å². The van der Waals surface area contributed by atoms with Crippen LogP contribution in [-0.4, -0.2) is 28.4 Å². The minimum atomic E-state index is -0.891. The van der Waals surface area contributed by atoms with Gasteiger partial charge in [-0.15, -0.1) is 0 Å². The summed E-state index contributed by atoms with van der Waals surface area (Å²) >= 11 is 0. The van der Waals surface area contributed by atoms with E-state index in [2.05, 4.69) is 6.92 Å². The monoisotopic (exact) mass is 323 g/mol. The standard InChI is InChI=1S/C20H21NO3/c1-2-5-14-8-10-15(11-9-14)19(22)21-12-16-6-3-4-7-17(16)18(13-21)20(23)24/h3-4,6-11,18H,2,5,12-13H2,1H3,(H,23,24). The fourth-order valence-electron chi connectivity index (χ4n) is 3.26. The Morgan fingerprint density at radius 2 is 1.83 bits per heavy atom. The van der Waals surface area contributed by atoms with E-state index in [0.717, 1.165) is 24.0 Å². The number of aryl methyl sites for hydroxylation is 1. The zero-order valence-electron chi connectivity index (χ0n) is 13.7. The lowest BCUT2D eigenvalue weighted by molar-refractivity contribution is -0.139. The fourth-order valence-corrected chi connectivity index (χ4v) is 3.26. The third-order valence-corrected chi connectivity index (χ3v) is 4.52. The Kier molecular flexibility index (Phi) is 4.65. The molecule has 2 aromatic carbocycles. The summed E-state index contributed by atoms with van der Waals surface area (Å²) in [7, 11) is 0. The molecule has 1 aliphatic heterocycles. The summed E-state index contributed by atoms with van der Waals surface area (Å²) in [5.41, 5.74) is 3.54. The maximum atomic E-state index is 12.8. The first-order chi connectivity index (χ1) is 11.6. The summed E-state index contributed by atoms with van der Waals surface area (Å²) in [6.07, 6.45) is 2.06. The number of nitrogens with zero attached hydrogens (tertiary/aromatic N) is 1. The average molecular weight is 323 g/mol. The number of carbonyl (C=O) groups is 2. The Morgan fingerprint density at radius 3 is 2.50 bits per heavy atom. The number of rotatable bonds is 4. The van der Waals surface area contributed by atoms with E-state index in [4.69, 9.17) is 0 Å². The number of aliphatic carboxylic acids is 1. The van der Waals surface area contributed by atoms with Crippen LogP contribution in [0.25, 0.3) is 0 Å². The molecular formula is C20H21NO3. The van der Waals surface area contributed by atoms with Crippen molar-refractivity contribution in [2.75, 3.05) is 6.54 Å². The average Bonchev–Trinajstić information content (AvgIpc) is 2.61. The molecule has 0 bridgehead atoms. The van der Waals surface area contributed by atoms with E-state index < -0.39 is 11.9 Å². The van der Waals surface area contributed by atoms with Crippen LogP contribution in [0.5, 0.6) is 0 Å². The Morgan fingerprint density at radius 1 is 1.12 bits per heavy atom. The fraction of sp³-hybridized carbons (Fsp3) is 0.300. The molecule has 4 heteroatoms. The van der Waals surface area contributed by atoms with E-state index in [1.807, 2.05) is 48.5 Å². The van der Waals surface area contributed by atoms with E-state index in [1.165, 1.54) is 5.56 Å². The maximum absolute atomic E-state index is 12.8. The number of carboxylic acid groups (broad SMARTS) is 1. The summed E-state index contributed by atoms with van der Waals surface area (Å²) in [4.78, 5) is 26.0. The van der Waals surface area contributed by atoms with Gasteiger partial charge in [0.25, 0.3) is 5.91 Å². The van der Waals surface area contributed by atoms with Crippen molar-refractivity contribution in [2.45, 2.75) is 32.2 Å². The highest BCUT2D eigenvalue weighted by atomic mass is 16.4. The van der Waals surface area contributed by atoms with Gasteiger partial charge in [0.15, 0.2) is 0 Å². The van der Waals surface area contributed by atoms with Crippen LogP contribution in [0.2, 0.25) is 0 Å². The molecule has 0 radical (unpaired) electrons. The van der Waals surface area contributed by atoms with Gasteiger partial charge in [0.1, 0.15) is 0 Å². The zero-order valence-corrected chi connectivity index (χ0v) is 13.7. The molecule has 1 atom stereocenters. The SMILES string of the molecule is CCCc1ccc(C(=O)N2Cc3ccccc3C(C(=O)O)C2)cc1. The van der Waals surface area contributed by atoms with Crippen LogP contribution in [0.3, 0.4) is 0 Å². The summed E-state index contributed by atoms with van der Waals surface area (Å²) in [5.74, 6) is -1.67. The summed E-state index contributed by atoms with van der Waals surface area (Å²) < 4.78 is 0. The zero-order chi connectivity index (χ0) is 17.1. The normalized spacial score (nSPS) is 16.5. The second-order valence-corrected chi connectivity index (χ2v) is 6.22. The van der Waals surface area contributed by atoms with E-state index in [1.54, 1.807) is 4.90 Å². The van der Waals surface area contributed by atoms with E-state index in [9.17, 15) is 14.7 Å². The third-order valence-electron chi connectivity index (χ3n) is 4.52. The number of carboxylic acids is 1. The van der Waals surface area contributed by atoms with Crippen LogP contribution in [0.4, 0.5) is 0 Å². The lowest BCUT2D eigenvalue weighted by Crippen LogP contribution is -2.40. The van der Waals surface area contributed by atoms with Crippen LogP contribution < -0.4 is 0 Å². The van der Waals surface area contributed by atoms with Crippen molar-refractivity contribution in [1.82, 2.24) is 4.90 Å². The molecule has 24 heavy (non-hydrogen) atoms. The molecule has 1 aliphatic rings. The molecular weight excluding hydrogens is 302 g/mol. The first-order valence-corrected chi connectivity index (χ1v) is 8.29. The molecule has 1 heterocycles. The smallest absolute Gasteiger partial charge is 0.312 e. The third kappa shape index (κ3) is 3.18. The summed E-state index contributed by atoms with van der Waals surface area (Å²) in [5, 5.41) is 9.51. The van der Waals surface area contributed by atoms with Crippen molar-refractivity contribution in [3.63, 3.8) is 0 Å². The number of fused-ring (bicyclic) bond motifs is 1. The maximum Gasteiger partial charge on any atom is 0.312 e. The van der Waals surface area contributed by atoms with E-state index in [-0.39, 0.29) is 12.5 Å². The second kappa shape index (κ2) is 6.87. The molecule has 3 rings (SSSR count). The summed E-state index contributed by atoms with van der Waals surface area (Å²) in [6.45, 7) is 2.79. The number of hydrogen-bond acceptors (Lipinski definition) is 2. The van der Waals surface area contributed by atoms with Crippen LogP contribution in [0.15, 0.2) is 48.5 Å². The molecule has 1 N–H and O–H groups in total. The van der Waals surface area contributed by atoms with Gasteiger partial charge in [-0.25, -0.2) is 0 Å². The first-order valence-electron chi connectivity index (χ1n) is 8.29. The lowest BCUT2D eigenvalue weighted by atomic mass is 9.89. The molecule has 0 aliphatic carbocycles. The Balaban J connectivity index is 1.84. The lowest BCUT2D eigenvalue weighted by Gasteiger charge is -2.33. The second-order valence-electron chi connectivity index (χ2n) is 6.22. The van der Waals surface area contributed by atoms with Crippen LogP contribution >= 0.6 is 0 Å². The number of benzene rings is 2. The van der Waals surface area contributed by atoms with Gasteiger partial charge >= 0.3 is 5.97 Å². The molecule has 2 aromatic rings. The number of amides is 1. The summed E-state index contributed by atoms with van der Waals surface area (Å²) in [6, 6.07) is 15.1. The van der Waals surface area contributed by atoms with Crippen molar-refractivity contribution in [3.05, 3.63) is 70.8 Å². The molecule has 0 saturated heterocycles. The van der Waals surface area contributed by atoms with Gasteiger partial charge in [0.2, 0.25) is 0 Å². The number of hydrogen-bond donors (Lipinski definition) is 1. The van der Waals surface area contributed by atoms with Crippen LogP contribution in [-0.2, 0) is 17.8 Å². The highest BCUT2D eigenvalue weighted by Crippen LogP contribution is 2.29. The molecule has 1 unspecified atom stereocenters. The van der Waals surface area contributed by atoms with E-state index >= 15 is 0 Å². The molecule has 0 spiro atoms. The Bertz CT molecular complexity index is 752. The molecule has 0 saturated carbocycles. The molecule has 4 nitrogen and oxygen atoms in total. The molecule has 0 aromatic heterocycles. The topological polar surface area (TPSA) is 57.6 Å². The van der Waals surface area contributed by atoms with Crippen molar-refractivity contribution >= 4 is 11.9 Å². The van der Waals surface area contributed by atoms with Gasteiger partial charge in [-0.05, 0) is 35.2 Å². The van der Waals surface area contributed by atoms with Crippen LogP contribution in [0.1, 0.15) is 46.3 Å². The van der Waals surface area contributed by atoms with Gasteiger partial charge in [0, 0.05) is 18.7 Å². The molecule has 1 amide bonds. The van der Waals surface area contributed by atoms with Crippen molar-refractivity contribution in [2.24, 2.45) is 0 Å². The highest BCUT2D eigenvalue weighted by molar-refractivity contribution is 5.95. The quantitative estimate of drug-likeness (QED) is 0.937. The predicted octanol–water partition coefficient (Wildman–Crippen LogP) is 3.46. The van der Waals surface area contributed by atoms with Gasteiger partial charge in [0.05, 0.1) is 5.92 Å². The van der Waals surface area contributed by atoms with Crippen molar-refractivity contribution in [1.29, 1.82) is 0 Å². The van der Waals surface area contributed by atoms with E-state index in [0.29, 0.717) is 12.1 Å². The molecule has 124 valence electrons. The highest BCUT2D eigenvalue weighted by Gasteiger charge is 2.32. The van der Waals surface area contributed by atoms with Gasteiger partial charge < -0.3 is 10.0 Å². The van der Waals surface area contributed by atoms with Gasteiger partial charge in [-0.2, -0.15) is 0 Å². The minimum Gasteiger partial charge on any atom is -0.481 e. The molecule has 0 fully saturated rings. The Labute approximate surface area is 141 Å². The largest absolute Gasteiger partial charge is 0.481 e. The Hall–Kier alpha value is -2.62. The van der Waals surface area contributed by atoms with Crippen molar-refractivity contribution < 1.29 is 14.7 Å². The first kappa shape index (κ1) is 16.2. The van der Waals surface area contributed by atoms with Crippen molar-refractivity contribution in [3.8, 4) is 0 Å². The van der Waals surface area contributed by atoms with Gasteiger partial charge in [-0.3, -0.25) is 9.59 Å². The number of carbonyl (C=O) groups excluding carboxylic acids is 1. The van der Waals surface area contributed by atoms with Crippen LogP contribution in [0, 0.1) is 0 Å². The minimum absolute atomic E-state index is 0.112. The predicted molar refractivity (Wildman–Crippen MR) is 92.0 cm³/mol.